The van der Waals surface area contributed by atoms with E-state index in [9.17, 15) is 9.90 Å². The second kappa shape index (κ2) is 8.53. The Morgan fingerprint density at radius 2 is 2.00 bits per heavy atom. The van der Waals surface area contributed by atoms with Gasteiger partial charge < -0.3 is 10.0 Å². The Bertz CT molecular complexity index is 676. The smallest absolute Gasteiger partial charge is 0.132 e. The van der Waals surface area contributed by atoms with E-state index in [0.717, 1.165) is 51.5 Å². The Labute approximate surface area is 170 Å². The van der Waals surface area contributed by atoms with Crippen molar-refractivity contribution >= 4 is 18.2 Å². The normalized spacial score (nSPS) is 29.7. The molecule has 1 aliphatic heterocycles. The number of likely N-dealkylation sites (tertiary alicyclic amines) is 1. The van der Waals surface area contributed by atoms with Gasteiger partial charge in [-0.3, -0.25) is 4.79 Å². The van der Waals surface area contributed by atoms with Crippen LogP contribution in [0.25, 0.3) is 0 Å². The number of piperidine rings is 1. The lowest BCUT2D eigenvalue weighted by atomic mass is 9.49. The molecule has 27 heavy (non-hydrogen) atoms. The molecule has 1 aliphatic carbocycles. The molecule has 2 aliphatic rings. The number of Topliss-reactive ketones (excluding diaryl/α,β-unsaturated/α-hetero) is 1. The summed E-state index contributed by atoms with van der Waals surface area (Å²) in [6.45, 7) is 8.01. The maximum Gasteiger partial charge on any atom is 0.132 e. The van der Waals surface area contributed by atoms with Gasteiger partial charge in [0.1, 0.15) is 11.5 Å². The number of ketones is 1. The van der Waals surface area contributed by atoms with Crippen LogP contribution in [0.3, 0.4) is 0 Å². The predicted molar refractivity (Wildman–Crippen MR) is 114 cm³/mol. The molecule has 0 saturated carbocycles. The number of phenols is 1. The molecule has 152 valence electrons. The van der Waals surface area contributed by atoms with Gasteiger partial charge in [-0.2, -0.15) is 0 Å². The maximum absolute atomic E-state index is 12.5. The summed E-state index contributed by atoms with van der Waals surface area (Å²) in [5.74, 6) is 0.783. The fraction of sp³-hybridized carbons (Fsp3) is 0.696. The molecule has 1 unspecified atom stereocenters. The maximum atomic E-state index is 12.5. The summed E-state index contributed by atoms with van der Waals surface area (Å²) in [7, 11) is 2.23. The van der Waals surface area contributed by atoms with Crippen molar-refractivity contribution in [3.05, 3.63) is 29.3 Å². The summed E-state index contributed by atoms with van der Waals surface area (Å²) in [6.07, 6.45) is 7.81. The van der Waals surface area contributed by atoms with E-state index in [1.165, 1.54) is 11.1 Å². The van der Waals surface area contributed by atoms with Gasteiger partial charge in [-0.1, -0.05) is 39.7 Å². The van der Waals surface area contributed by atoms with Gasteiger partial charge in [0.05, 0.1) is 0 Å². The van der Waals surface area contributed by atoms with Crippen LogP contribution in [0, 0.1) is 5.41 Å². The van der Waals surface area contributed by atoms with Crippen LogP contribution >= 0.6 is 12.4 Å². The number of likely N-dealkylation sites (N-methyl/N-ethyl adjacent to an activating group) is 1. The zero-order valence-corrected chi connectivity index (χ0v) is 18.2. The number of fused-ring (bicyclic) bond motifs is 4. The summed E-state index contributed by atoms with van der Waals surface area (Å²) in [5.41, 5.74) is 2.75. The average Bonchev–Trinajstić information content (AvgIpc) is 2.61. The number of hydrogen-bond acceptors (Lipinski definition) is 3. The van der Waals surface area contributed by atoms with Crippen molar-refractivity contribution in [2.24, 2.45) is 5.41 Å². The Hall–Kier alpha value is -1.06. The zero-order valence-electron chi connectivity index (χ0n) is 17.4. The number of hydrogen-bond donors (Lipinski definition) is 1. The van der Waals surface area contributed by atoms with Crippen LogP contribution in [0.4, 0.5) is 0 Å². The summed E-state index contributed by atoms with van der Waals surface area (Å²) in [6, 6.07) is 6.36. The van der Waals surface area contributed by atoms with Crippen molar-refractivity contribution in [3.63, 3.8) is 0 Å². The summed E-state index contributed by atoms with van der Waals surface area (Å²) >= 11 is 0. The number of carbonyl (C=O) groups is 1. The largest absolute Gasteiger partial charge is 0.508 e. The highest BCUT2D eigenvalue weighted by Gasteiger charge is 2.57. The fourth-order valence-electron chi connectivity index (χ4n) is 5.52. The van der Waals surface area contributed by atoms with Gasteiger partial charge in [0.25, 0.3) is 0 Å². The van der Waals surface area contributed by atoms with Crippen molar-refractivity contribution < 1.29 is 9.90 Å². The first kappa shape index (κ1) is 22.2. The third kappa shape index (κ3) is 3.91. The highest BCUT2D eigenvalue weighted by Crippen LogP contribution is 2.58. The standard InChI is InChI=1S/C23H35NO2.ClH/c1-5-6-7-8-18(25)11-12-23(3)21-15-17-9-10-19(26)16-20(17)22(23,2)13-14-24(21)4;/h9-10,16,21,26H,5-8,11-15H2,1-4H3;1H/t21?,22-,23-;/m1./s1. The highest BCUT2D eigenvalue weighted by molar-refractivity contribution is 5.85. The van der Waals surface area contributed by atoms with Crippen molar-refractivity contribution in [2.75, 3.05) is 13.6 Å². The third-order valence-electron chi connectivity index (χ3n) is 7.58. The molecule has 3 atom stereocenters. The van der Waals surface area contributed by atoms with Crippen LogP contribution in [0.2, 0.25) is 0 Å². The van der Waals surface area contributed by atoms with Gasteiger partial charge >= 0.3 is 0 Å². The molecule has 3 nitrogen and oxygen atoms in total. The molecule has 1 aromatic carbocycles. The molecule has 4 heteroatoms. The monoisotopic (exact) mass is 393 g/mol. The fourth-order valence-corrected chi connectivity index (χ4v) is 5.52. The molecule has 1 heterocycles. The van der Waals surface area contributed by atoms with E-state index >= 15 is 0 Å². The van der Waals surface area contributed by atoms with E-state index in [-0.39, 0.29) is 23.2 Å². The number of phenolic OH excluding ortho intramolecular Hbond substituents is 1. The summed E-state index contributed by atoms with van der Waals surface area (Å²) < 4.78 is 0. The van der Waals surface area contributed by atoms with Gasteiger partial charge in [0.15, 0.2) is 0 Å². The number of carbonyl (C=O) groups excluding carboxylic acids is 1. The Balaban J connectivity index is 0.00000261. The van der Waals surface area contributed by atoms with Crippen LogP contribution in [-0.2, 0) is 16.6 Å². The molecule has 0 aromatic heterocycles. The zero-order chi connectivity index (χ0) is 18.9. The van der Waals surface area contributed by atoms with Crippen LogP contribution in [0.1, 0.15) is 76.8 Å². The van der Waals surface area contributed by atoms with Crippen molar-refractivity contribution in [3.8, 4) is 5.75 Å². The van der Waals surface area contributed by atoms with E-state index in [0.29, 0.717) is 24.0 Å². The molecule has 2 bridgehead atoms. The number of benzene rings is 1. The van der Waals surface area contributed by atoms with Gasteiger partial charge in [-0.25, -0.2) is 0 Å². The summed E-state index contributed by atoms with van der Waals surface area (Å²) in [4.78, 5) is 15.0. The van der Waals surface area contributed by atoms with Crippen LogP contribution < -0.4 is 0 Å². The molecule has 1 saturated heterocycles. The number of halogens is 1. The van der Waals surface area contributed by atoms with E-state index in [4.69, 9.17) is 0 Å². The highest BCUT2D eigenvalue weighted by atomic mass is 35.5. The quantitative estimate of drug-likeness (QED) is 0.641. The topological polar surface area (TPSA) is 40.5 Å². The first-order valence-corrected chi connectivity index (χ1v) is 10.4. The minimum Gasteiger partial charge on any atom is -0.508 e. The van der Waals surface area contributed by atoms with Crippen molar-refractivity contribution in [1.29, 1.82) is 0 Å². The minimum atomic E-state index is 0. The molecular weight excluding hydrogens is 358 g/mol. The lowest BCUT2D eigenvalue weighted by Gasteiger charge is -2.62. The van der Waals surface area contributed by atoms with Crippen LogP contribution in [0.5, 0.6) is 5.75 Å². The lowest BCUT2D eigenvalue weighted by Crippen LogP contribution is -2.64. The van der Waals surface area contributed by atoms with Gasteiger partial charge in [0.2, 0.25) is 0 Å². The van der Waals surface area contributed by atoms with Gasteiger partial charge in [-0.15, -0.1) is 12.4 Å². The minimum absolute atomic E-state index is 0. The van der Waals surface area contributed by atoms with E-state index in [1.54, 1.807) is 0 Å². The van der Waals surface area contributed by atoms with Gasteiger partial charge in [-0.05, 0) is 68.0 Å². The van der Waals surface area contributed by atoms with E-state index < -0.39 is 0 Å². The van der Waals surface area contributed by atoms with E-state index in [2.05, 4.69) is 38.8 Å². The van der Waals surface area contributed by atoms with Gasteiger partial charge in [0, 0.05) is 24.3 Å². The SMILES string of the molecule is CCCCCC(=O)CC[C@]1(C)C2Cc3ccc(O)cc3[C@@]1(C)CCN2C.Cl. The second-order valence-corrected chi connectivity index (χ2v) is 9.04. The van der Waals surface area contributed by atoms with E-state index in [1.807, 2.05) is 12.1 Å². The Morgan fingerprint density at radius 3 is 2.70 bits per heavy atom. The third-order valence-corrected chi connectivity index (χ3v) is 7.58. The molecule has 0 radical (unpaired) electrons. The molecule has 1 fully saturated rings. The average molecular weight is 394 g/mol. The van der Waals surface area contributed by atoms with Crippen molar-refractivity contribution in [2.45, 2.75) is 83.6 Å². The summed E-state index contributed by atoms with van der Waals surface area (Å²) in [5, 5.41) is 10.1. The predicted octanol–water partition coefficient (Wildman–Crippen LogP) is 5.27. The number of rotatable bonds is 7. The molecule has 0 amide bonds. The number of unbranched alkanes of at least 4 members (excludes halogenated alkanes) is 2. The first-order chi connectivity index (χ1) is 12.3. The van der Waals surface area contributed by atoms with Crippen LogP contribution in [-0.4, -0.2) is 35.4 Å². The Kier molecular flexibility index (Phi) is 7.02. The molecular formula is C23H36ClNO2. The molecule has 0 spiro atoms. The number of nitrogens with zero attached hydrogens (tertiary/aromatic N) is 1. The first-order valence-electron chi connectivity index (χ1n) is 10.4. The molecule has 3 rings (SSSR count). The second-order valence-electron chi connectivity index (χ2n) is 9.04. The molecule has 1 aromatic rings. The van der Waals surface area contributed by atoms with Crippen LogP contribution in [0.15, 0.2) is 18.2 Å². The number of aromatic hydroxyl groups is 1. The molecule has 1 N–H and O–H groups in total. The Morgan fingerprint density at radius 1 is 1.26 bits per heavy atom. The lowest BCUT2D eigenvalue weighted by molar-refractivity contribution is -0.121. The van der Waals surface area contributed by atoms with Crippen molar-refractivity contribution in [1.82, 2.24) is 4.90 Å².